The number of amides is 1. The van der Waals surface area contributed by atoms with Crippen LogP contribution in [0.3, 0.4) is 0 Å². The van der Waals surface area contributed by atoms with Crippen molar-refractivity contribution >= 4 is 29.1 Å². The molecule has 1 atom stereocenters. The Morgan fingerprint density at radius 1 is 1.00 bits per heavy atom. The zero-order chi connectivity index (χ0) is 29.9. The number of hydrogen-bond acceptors (Lipinski definition) is 7. The lowest BCUT2D eigenvalue weighted by Crippen LogP contribution is -2.35. The van der Waals surface area contributed by atoms with E-state index in [-0.39, 0.29) is 11.9 Å². The highest BCUT2D eigenvalue weighted by atomic mass is 35.5. The molecule has 0 unspecified atom stereocenters. The fourth-order valence-corrected chi connectivity index (χ4v) is 6.46. The molecule has 0 bridgehead atoms. The van der Waals surface area contributed by atoms with Gasteiger partial charge in [-0.2, -0.15) is 0 Å². The number of fused-ring (bicyclic) bond motifs is 1. The largest absolute Gasteiger partial charge is 0.496 e. The van der Waals surface area contributed by atoms with Crippen molar-refractivity contribution in [2.75, 3.05) is 27.3 Å². The molecule has 43 heavy (non-hydrogen) atoms. The van der Waals surface area contributed by atoms with Crippen LogP contribution in [0.4, 0.5) is 0 Å². The predicted octanol–water partition coefficient (Wildman–Crippen LogP) is 5.82. The molecule has 2 aliphatic rings. The molecule has 0 saturated carbocycles. The van der Waals surface area contributed by atoms with Gasteiger partial charge in [-0.15, -0.1) is 0 Å². The lowest BCUT2D eigenvalue weighted by molar-refractivity contribution is -0.119. The molecule has 6 rings (SSSR count). The molecule has 3 N–H and O–H groups in total. The smallest absolute Gasteiger partial charge is 0.220 e. The van der Waals surface area contributed by atoms with Crippen LogP contribution in [0.25, 0.3) is 33.6 Å². The second-order valence-corrected chi connectivity index (χ2v) is 11.5. The molecule has 8 nitrogen and oxygen atoms in total. The molecule has 0 aliphatic carbocycles. The number of pyridine rings is 2. The molecule has 10 heteroatoms. The van der Waals surface area contributed by atoms with Gasteiger partial charge in [0.25, 0.3) is 0 Å². The van der Waals surface area contributed by atoms with Gasteiger partial charge in [-0.3, -0.25) is 9.78 Å². The van der Waals surface area contributed by atoms with Gasteiger partial charge in [-0.25, -0.2) is 4.98 Å². The molecule has 1 fully saturated rings. The third kappa shape index (κ3) is 6.06. The highest BCUT2D eigenvalue weighted by Gasteiger charge is 2.22. The number of nitrogens with one attached hydrogen (secondary N) is 3. The maximum absolute atomic E-state index is 11.5. The summed E-state index contributed by atoms with van der Waals surface area (Å²) < 4.78 is 11.4. The van der Waals surface area contributed by atoms with Gasteiger partial charge >= 0.3 is 0 Å². The SMILES string of the molecule is COc1cc(-c2nccc(-c3cccc(-c4ccc(CNC[C@H]5CCC(=O)N5)c(OC)n4)c3Cl)c2Cl)cc2c1CNCC2. The summed E-state index contributed by atoms with van der Waals surface area (Å²) in [5, 5.41) is 10.8. The third-order valence-electron chi connectivity index (χ3n) is 8.05. The number of aromatic nitrogens is 2. The van der Waals surface area contributed by atoms with Crippen LogP contribution >= 0.6 is 23.2 Å². The Morgan fingerprint density at radius 3 is 2.63 bits per heavy atom. The summed E-state index contributed by atoms with van der Waals surface area (Å²) >= 11 is 14.1. The predicted molar refractivity (Wildman–Crippen MR) is 170 cm³/mol. The van der Waals surface area contributed by atoms with Crippen LogP contribution in [0, 0.1) is 0 Å². The second-order valence-electron chi connectivity index (χ2n) is 10.7. The zero-order valence-corrected chi connectivity index (χ0v) is 25.6. The Bertz CT molecular complexity index is 1660. The highest BCUT2D eigenvalue weighted by molar-refractivity contribution is 6.39. The van der Waals surface area contributed by atoms with Crippen molar-refractivity contribution in [3.8, 4) is 45.3 Å². The summed E-state index contributed by atoms with van der Waals surface area (Å²) in [7, 11) is 3.29. The van der Waals surface area contributed by atoms with E-state index in [2.05, 4.69) is 27.0 Å². The molecule has 222 valence electrons. The first-order valence-corrected chi connectivity index (χ1v) is 15.1. The Kier molecular flexibility index (Phi) is 8.81. The standard InChI is InChI=1S/C33H33Cl2N5O3/c1-42-28-15-21(14-19-10-12-36-18-26(19)28)32-31(35)24(11-13-38-32)23-4-3-5-25(30(23)34)27-8-6-20(33(40-27)43-2)16-37-17-22-7-9-29(41)39-22/h3-6,8,11,13-15,22,36-37H,7,9-10,12,16-18H2,1-2H3,(H,39,41)/t22-/m1/s1. The van der Waals surface area contributed by atoms with Crippen molar-refractivity contribution in [3.05, 3.63) is 81.5 Å². The van der Waals surface area contributed by atoms with E-state index in [4.69, 9.17) is 37.7 Å². The summed E-state index contributed by atoms with van der Waals surface area (Å²) in [5.74, 6) is 1.45. The van der Waals surface area contributed by atoms with E-state index in [1.165, 1.54) is 11.1 Å². The van der Waals surface area contributed by atoms with Crippen molar-refractivity contribution in [2.24, 2.45) is 0 Å². The van der Waals surface area contributed by atoms with Gasteiger partial charge in [-0.1, -0.05) is 47.5 Å². The molecule has 1 saturated heterocycles. The van der Waals surface area contributed by atoms with Crippen molar-refractivity contribution in [1.82, 2.24) is 25.9 Å². The van der Waals surface area contributed by atoms with Gasteiger partial charge < -0.3 is 25.4 Å². The summed E-state index contributed by atoms with van der Waals surface area (Å²) in [4.78, 5) is 20.9. The molecule has 2 aliphatic heterocycles. The molecule has 1 amide bonds. The third-order valence-corrected chi connectivity index (χ3v) is 8.84. The van der Waals surface area contributed by atoms with E-state index in [1.807, 2.05) is 42.5 Å². The Morgan fingerprint density at radius 2 is 1.84 bits per heavy atom. The number of methoxy groups -OCH3 is 2. The van der Waals surface area contributed by atoms with E-state index < -0.39 is 0 Å². The second kappa shape index (κ2) is 12.9. The van der Waals surface area contributed by atoms with E-state index in [0.717, 1.165) is 59.5 Å². The van der Waals surface area contributed by atoms with Crippen LogP contribution in [0.15, 0.2) is 54.7 Å². The average Bonchev–Trinajstić information content (AvgIpc) is 3.45. The topological polar surface area (TPSA) is 97.4 Å². The van der Waals surface area contributed by atoms with E-state index >= 15 is 0 Å². The number of carbonyl (C=O) groups excluding carboxylic acids is 1. The lowest BCUT2D eigenvalue weighted by atomic mass is 9.94. The number of nitrogens with zero attached hydrogens (tertiary/aromatic N) is 2. The Balaban J connectivity index is 1.29. The number of carbonyl (C=O) groups is 1. The van der Waals surface area contributed by atoms with Crippen LogP contribution in [0.1, 0.15) is 29.5 Å². The minimum Gasteiger partial charge on any atom is -0.496 e. The molecule has 0 spiro atoms. The van der Waals surface area contributed by atoms with Gasteiger partial charge in [-0.05, 0) is 49.2 Å². The maximum atomic E-state index is 11.5. The van der Waals surface area contributed by atoms with Crippen molar-refractivity contribution in [3.63, 3.8) is 0 Å². The van der Waals surface area contributed by atoms with Crippen molar-refractivity contribution in [1.29, 1.82) is 0 Å². The van der Waals surface area contributed by atoms with E-state index in [0.29, 0.717) is 46.8 Å². The van der Waals surface area contributed by atoms with Gasteiger partial charge in [0, 0.05) is 71.7 Å². The van der Waals surface area contributed by atoms with Gasteiger partial charge in [0.1, 0.15) is 5.75 Å². The maximum Gasteiger partial charge on any atom is 0.220 e. The average molecular weight is 619 g/mol. The monoisotopic (exact) mass is 617 g/mol. The molecule has 4 aromatic rings. The molecule has 2 aromatic heterocycles. The van der Waals surface area contributed by atoms with Gasteiger partial charge in [0.15, 0.2) is 0 Å². The van der Waals surface area contributed by atoms with Gasteiger partial charge in [0.05, 0.1) is 35.7 Å². The molecule has 0 radical (unpaired) electrons. The number of halogens is 2. The first-order valence-electron chi connectivity index (χ1n) is 14.4. The highest BCUT2D eigenvalue weighted by Crippen LogP contribution is 2.42. The summed E-state index contributed by atoms with van der Waals surface area (Å²) in [6, 6.07) is 16.0. The minimum atomic E-state index is 0.107. The van der Waals surface area contributed by atoms with Crippen LogP contribution in [-0.4, -0.2) is 49.2 Å². The lowest BCUT2D eigenvalue weighted by Gasteiger charge is -2.21. The fourth-order valence-electron chi connectivity index (χ4n) is 5.81. The van der Waals surface area contributed by atoms with Crippen molar-refractivity contribution < 1.29 is 14.3 Å². The summed E-state index contributed by atoms with van der Waals surface area (Å²) in [6.45, 7) is 2.95. The van der Waals surface area contributed by atoms with E-state index in [1.54, 1.807) is 20.4 Å². The molecular weight excluding hydrogens is 585 g/mol. The number of rotatable bonds is 9. The van der Waals surface area contributed by atoms with E-state index in [9.17, 15) is 4.79 Å². The molecular formula is C33H33Cl2N5O3. The number of ether oxygens (including phenoxy) is 2. The van der Waals surface area contributed by atoms with Crippen LogP contribution in [0.2, 0.25) is 10.0 Å². The van der Waals surface area contributed by atoms with Crippen LogP contribution in [0.5, 0.6) is 11.6 Å². The number of hydrogen-bond donors (Lipinski definition) is 3. The molecule has 4 heterocycles. The fraction of sp³-hybridized carbons (Fsp3) is 0.303. The van der Waals surface area contributed by atoms with Crippen molar-refractivity contribution in [2.45, 2.75) is 38.4 Å². The Labute approximate surface area is 261 Å². The Hall–Kier alpha value is -3.69. The van der Waals surface area contributed by atoms with Crippen LogP contribution in [-0.2, 0) is 24.3 Å². The number of benzene rings is 2. The summed E-state index contributed by atoms with van der Waals surface area (Å²) in [5.41, 5.74) is 7.93. The normalized spacial score (nSPS) is 16.1. The zero-order valence-electron chi connectivity index (χ0n) is 24.1. The first kappa shape index (κ1) is 29.4. The molecule has 2 aromatic carbocycles. The van der Waals surface area contributed by atoms with Gasteiger partial charge in [0.2, 0.25) is 11.8 Å². The summed E-state index contributed by atoms with van der Waals surface area (Å²) in [6.07, 6.45) is 4.09. The first-order chi connectivity index (χ1) is 21.0. The minimum absolute atomic E-state index is 0.107. The van der Waals surface area contributed by atoms with Crippen LogP contribution < -0.4 is 25.4 Å². The quantitative estimate of drug-likeness (QED) is 0.218.